The zero-order valence-corrected chi connectivity index (χ0v) is 10.5. The summed E-state index contributed by atoms with van der Waals surface area (Å²) in [7, 11) is 0. The highest BCUT2D eigenvalue weighted by atomic mass is 16.2. The molecule has 1 N–H and O–H groups in total. The predicted octanol–water partition coefficient (Wildman–Crippen LogP) is 1.63. The van der Waals surface area contributed by atoms with Crippen LogP contribution in [-0.4, -0.2) is 36.5 Å². The van der Waals surface area contributed by atoms with Crippen LogP contribution in [0.25, 0.3) is 0 Å². The van der Waals surface area contributed by atoms with E-state index >= 15 is 0 Å². The third kappa shape index (κ3) is 2.76. The van der Waals surface area contributed by atoms with Gasteiger partial charge in [-0.1, -0.05) is 6.92 Å². The zero-order chi connectivity index (χ0) is 11.5. The number of nitrogens with zero attached hydrogens (tertiary/aromatic N) is 1. The van der Waals surface area contributed by atoms with Crippen molar-refractivity contribution in [1.82, 2.24) is 10.2 Å². The minimum absolute atomic E-state index is 0.378. The monoisotopic (exact) mass is 224 g/mol. The lowest BCUT2D eigenvalue weighted by molar-refractivity contribution is -0.132. The van der Waals surface area contributed by atoms with Gasteiger partial charge in [0.05, 0.1) is 0 Å². The molecule has 2 heterocycles. The van der Waals surface area contributed by atoms with E-state index in [1.165, 1.54) is 12.8 Å². The molecule has 3 nitrogen and oxygen atoms in total. The van der Waals surface area contributed by atoms with Gasteiger partial charge in [0, 0.05) is 19.0 Å². The van der Waals surface area contributed by atoms with Crippen LogP contribution in [0, 0.1) is 11.8 Å². The van der Waals surface area contributed by atoms with Gasteiger partial charge in [-0.15, -0.1) is 0 Å². The van der Waals surface area contributed by atoms with Crippen LogP contribution in [-0.2, 0) is 4.79 Å². The number of nitrogens with one attached hydrogen (secondary N) is 1. The number of hydrogen-bond acceptors (Lipinski definition) is 2. The van der Waals surface area contributed by atoms with Gasteiger partial charge in [-0.25, -0.2) is 0 Å². The Morgan fingerprint density at radius 1 is 1.44 bits per heavy atom. The van der Waals surface area contributed by atoms with Crippen molar-refractivity contribution in [2.24, 2.45) is 11.8 Å². The van der Waals surface area contributed by atoms with E-state index in [-0.39, 0.29) is 0 Å². The van der Waals surface area contributed by atoms with Crippen molar-refractivity contribution in [3.63, 3.8) is 0 Å². The molecule has 3 atom stereocenters. The predicted molar refractivity (Wildman–Crippen MR) is 65.2 cm³/mol. The summed E-state index contributed by atoms with van der Waals surface area (Å²) >= 11 is 0. The summed E-state index contributed by atoms with van der Waals surface area (Å²) in [6, 6.07) is 0.462. The summed E-state index contributed by atoms with van der Waals surface area (Å²) < 4.78 is 0. The van der Waals surface area contributed by atoms with Crippen molar-refractivity contribution in [3.05, 3.63) is 0 Å². The summed E-state index contributed by atoms with van der Waals surface area (Å²) in [4.78, 5) is 14.2. The van der Waals surface area contributed by atoms with Crippen molar-refractivity contribution >= 4 is 5.91 Å². The molecule has 3 heteroatoms. The van der Waals surface area contributed by atoms with Crippen LogP contribution in [0.1, 0.15) is 39.5 Å². The molecule has 0 bridgehead atoms. The molecule has 0 aliphatic carbocycles. The van der Waals surface area contributed by atoms with Gasteiger partial charge in [-0.05, 0) is 51.1 Å². The quantitative estimate of drug-likeness (QED) is 0.790. The van der Waals surface area contributed by atoms with Crippen molar-refractivity contribution in [2.45, 2.75) is 45.6 Å². The molecule has 0 spiro atoms. The lowest BCUT2D eigenvalue weighted by Gasteiger charge is -2.22. The van der Waals surface area contributed by atoms with Crippen molar-refractivity contribution in [3.8, 4) is 0 Å². The summed E-state index contributed by atoms with van der Waals surface area (Å²) in [6.45, 7) is 7.64. The minimum atomic E-state index is 0.378. The molecule has 0 saturated carbocycles. The van der Waals surface area contributed by atoms with Crippen LogP contribution in [0.4, 0.5) is 0 Å². The highest BCUT2D eigenvalue weighted by Gasteiger charge is 2.29. The molecule has 16 heavy (non-hydrogen) atoms. The lowest BCUT2D eigenvalue weighted by atomic mass is 10.0. The number of carbonyl (C=O) groups excluding carboxylic acids is 1. The van der Waals surface area contributed by atoms with Crippen LogP contribution in [0.15, 0.2) is 0 Å². The molecular weight excluding hydrogens is 200 g/mol. The van der Waals surface area contributed by atoms with E-state index in [2.05, 4.69) is 24.1 Å². The van der Waals surface area contributed by atoms with Gasteiger partial charge in [0.25, 0.3) is 0 Å². The lowest BCUT2D eigenvalue weighted by Crippen LogP contribution is -2.34. The van der Waals surface area contributed by atoms with E-state index < -0.39 is 0 Å². The standard InChI is InChI=1S/C13H24N2O/c1-10-7-11(2)15(9-10)13(16)4-3-12-5-6-14-8-12/h10-12,14H,3-9H2,1-2H3. The molecule has 2 rings (SSSR count). The topological polar surface area (TPSA) is 32.3 Å². The van der Waals surface area contributed by atoms with Crippen molar-refractivity contribution in [1.29, 1.82) is 0 Å². The Bertz CT molecular complexity index is 248. The maximum atomic E-state index is 12.1. The molecular formula is C13H24N2O. The zero-order valence-electron chi connectivity index (χ0n) is 10.5. The van der Waals surface area contributed by atoms with Gasteiger partial charge in [-0.2, -0.15) is 0 Å². The second kappa shape index (κ2) is 5.17. The van der Waals surface area contributed by atoms with Gasteiger partial charge >= 0.3 is 0 Å². The molecule has 2 fully saturated rings. The summed E-state index contributed by atoms with van der Waals surface area (Å²) in [5.74, 6) is 1.80. The molecule has 0 aromatic heterocycles. The van der Waals surface area contributed by atoms with E-state index in [9.17, 15) is 4.79 Å². The second-order valence-electron chi connectivity index (χ2n) is 5.63. The Morgan fingerprint density at radius 2 is 2.25 bits per heavy atom. The molecule has 2 saturated heterocycles. The third-order valence-electron chi connectivity index (χ3n) is 4.03. The third-order valence-corrected chi connectivity index (χ3v) is 4.03. The van der Waals surface area contributed by atoms with Gasteiger partial charge in [0.1, 0.15) is 0 Å². The number of carbonyl (C=O) groups is 1. The van der Waals surface area contributed by atoms with E-state index in [0.717, 1.165) is 38.4 Å². The summed E-state index contributed by atoms with van der Waals surface area (Å²) in [6.07, 6.45) is 4.25. The van der Waals surface area contributed by atoms with Gasteiger partial charge in [0.15, 0.2) is 0 Å². The Kier molecular flexibility index (Phi) is 3.85. The Hall–Kier alpha value is -0.570. The van der Waals surface area contributed by atoms with Gasteiger partial charge in [0.2, 0.25) is 5.91 Å². The Balaban J connectivity index is 1.74. The normalized spacial score (nSPS) is 34.6. The Labute approximate surface area is 98.6 Å². The van der Waals surface area contributed by atoms with E-state index in [1.807, 2.05) is 0 Å². The molecule has 0 aromatic rings. The van der Waals surface area contributed by atoms with Gasteiger partial charge < -0.3 is 10.2 Å². The highest BCUT2D eigenvalue weighted by Crippen LogP contribution is 2.24. The van der Waals surface area contributed by atoms with Crippen LogP contribution < -0.4 is 5.32 Å². The SMILES string of the molecule is CC1CC(C)N(C(=O)CCC2CCNC2)C1. The van der Waals surface area contributed by atoms with Crippen LogP contribution in [0.2, 0.25) is 0 Å². The van der Waals surface area contributed by atoms with E-state index in [0.29, 0.717) is 17.9 Å². The van der Waals surface area contributed by atoms with Crippen LogP contribution in [0.5, 0.6) is 0 Å². The summed E-state index contributed by atoms with van der Waals surface area (Å²) in [5, 5.41) is 3.36. The maximum absolute atomic E-state index is 12.1. The fourth-order valence-electron chi connectivity index (χ4n) is 3.08. The molecule has 2 aliphatic rings. The van der Waals surface area contributed by atoms with Gasteiger partial charge in [-0.3, -0.25) is 4.79 Å². The number of amides is 1. The molecule has 1 amide bonds. The molecule has 0 aromatic carbocycles. The first-order chi connectivity index (χ1) is 7.66. The van der Waals surface area contributed by atoms with Crippen LogP contribution >= 0.6 is 0 Å². The smallest absolute Gasteiger partial charge is 0.222 e. The van der Waals surface area contributed by atoms with E-state index in [4.69, 9.17) is 0 Å². The largest absolute Gasteiger partial charge is 0.340 e. The van der Waals surface area contributed by atoms with E-state index in [1.54, 1.807) is 0 Å². The second-order valence-corrected chi connectivity index (χ2v) is 5.63. The number of likely N-dealkylation sites (tertiary alicyclic amines) is 1. The first kappa shape index (κ1) is 11.9. The maximum Gasteiger partial charge on any atom is 0.222 e. The fourth-order valence-corrected chi connectivity index (χ4v) is 3.08. The van der Waals surface area contributed by atoms with Crippen molar-refractivity contribution < 1.29 is 4.79 Å². The first-order valence-electron chi connectivity index (χ1n) is 6.67. The molecule has 3 unspecified atom stereocenters. The average molecular weight is 224 g/mol. The molecule has 2 aliphatic heterocycles. The number of rotatable bonds is 3. The molecule has 92 valence electrons. The number of hydrogen-bond donors (Lipinski definition) is 1. The fraction of sp³-hybridized carbons (Fsp3) is 0.923. The highest BCUT2D eigenvalue weighted by molar-refractivity contribution is 5.76. The Morgan fingerprint density at radius 3 is 2.81 bits per heavy atom. The average Bonchev–Trinajstić information content (AvgIpc) is 2.84. The first-order valence-corrected chi connectivity index (χ1v) is 6.67. The van der Waals surface area contributed by atoms with Crippen LogP contribution in [0.3, 0.4) is 0 Å². The summed E-state index contributed by atoms with van der Waals surface area (Å²) in [5.41, 5.74) is 0. The van der Waals surface area contributed by atoms with Crippen molar-refractivity contribution in [2.75, 3.05) is 19.6 Å². The molecule has 0 radical (unpaired) electrons. The minimum Gasteiger partial charge on any atom is -0.340 e.